The van der Waals surface area contributed by atoms with Gasteiger partial charge in [0, 0.05) is 35.4 Å². The number of benzene rings is 2. The van der Waals surface area contributed by atoms with Gasteiger partial charge in [-0.2, -0.15) is 0 Å². The first kappa shape index (κ1) is 22.5. The van der Waals surface area contributed by atoms with Crippen molar-refractivity contribution >= 4 is 28.2 Å². The highest BCUT2D eigenvalue weighted by atomic mass is 32.1. The van der Waals surface area contributed by atoms with Crippen LogP contribution in [0.5, 0.6) is 5.75 Å². The fourth-order valence-corrected chi connectivity index (χ4v) is 4.00. The molecule has 0 aliphatic rings. The number of hydrogen-bond acceptors (Lipinski definition) is 4. The normalized spacial score (nSPS) is 11.7. The number of thiocarbonyl (C=S) groups is 1. The summed E-state index contributed by atoms with van der Waals surface area (Å²) < 4.78 is 5.34. The monoisotopic (exact) mass is 458 g/mol. The number of rotatable bonds is 7. The van der Waals surface area contributed by atoms with E-state index >= 15 is 0 Å². The minimum Gasteiger partial charge on any atom is -0.497 e. The third-order valence-electron chi connectivity index (χ3n) is 5.51. The van der Waals surface area contributed by atoms with Gasteiger partial charge < -0.3 is 19.9 Å². The van der Waals surface area contributed by atoms with E-state index in [1.807, 2.05) is 65.7 Å². The number of nitrogens with one attached hydrogen (secondary N) is 2. The fraction of sp³-hybridized carbons (Fsp3) is 0.192. The molecule has 2 N–H and O–H groups in total. The molecule has 7 heteroatoms. The van der Waals surface area contributed by atoms with Crippen LogP contribution < -0.4 is 15.6 Å². The first-order valence-corrected chi connectivity index (χ1v) is 11.1. The highest BCUT2D eigenvalue weighted by Crippen LogP contribution is 2.20. The zero-order valence-electron chi connectivity index (χ0n) is 18.6. The van der Waals surface area contributed by atoms with Gasteiger partial charge in [-0.3, -0.25) is 9.78 Å². The molecule has 0 aliphatic heterocycles. The third kappa shape index (κ3) is 5.56. The lowest BCUT2D eigenvalue weighted by molar-refractivity contribution is 0.391. The molecule has 168 valence electrons. The van der Waals surface area contributed by atoms with Gasteiger partial charge >= 0.3 is 0 Å². The lowest BCUT2D eigenvalue weighted by atomic mass is 10.1. The Labute approximate surface area is 198 Å². The first-order valence-electron chi connectivity index (χ1n) is 10.7. The molecule has 0 saturated carbocycles. The Morgan fingerprint density at radius 3 is 2.67 bits per heavy atom. The highest BCUT2D eigenvalue weighted by molar-refractivity contribution is 7.80. The van der Waals surface area contributed by atoms with Crippen LogP contribution in [0, 0.1) is 0 Å². The minimum atomic E-state index is -0.136. The number of hydrogen-bond donors (Lipinski definition) is 2. The second kappa shape index (κ2) is 10.3. The van der Waals surface area contributed by atoms with Crippen LogP contribution in [0.4, 0.5) is 0 Å². The van der Waals surface area contributed by atoms with E-state index in [0.29, 0.717) is 23.8 Å². The summed E-state index contributed by atoms with van der Waals surface area (Å²) in [5.41, 5.74) is 3.39. The van der Waals surface area contributed by atoms with Crippen LogP contribution in [0.15, 0.2) is 83.9 Å². The van der Waals surface area contributed by atoms with Crippen molar-refractivity contribution in [3.63, 3.8) is 0 Å². The van der Waals surface area contributed by atoms with Crippen LogP contribution in [0.25, 0.3) is 10.9 Å². The van der Waals surface area contributed by atoms with Gasteiger partial charge in [-0.25, -0.2) is 0 Å². The van der Waals surface area contributed by atoms with E-state index in [0.717, 1.165) is 27.8 Å². The lowest BCUT2D eigenvalue weighted by Crippen LogP contribution is -2.41. The molecule has 0 fully saturated rings. The van der Waals surface area contributed by atoms with E-state index in [1.165, 1.54) is 0 Å². The van der Waals surface area contributed by atoms with Gasteiger partial charge in [0.05, 0.1) is 19.7 Å². The minimum absolute atomic E-state index is 0.0225. The second-order valence-electron chi connectivity index (χ2n) is 7.88. The van der Waals surface area contributed by atoms with Crippen molar-refractivity contribution in [2.45, 2.75) is 26.1 Å². The van der Waals surface area contributed by atoms with Crippen molar-refractivity contribution in [1.29, 1.82) is 0 Å². The van der Waals surface area contributed by atoms with Crippen LogP contribution in [-0.4, -0.2) is 27.1 Å². The van der Waals surface area contributed by atoms with E-state index in [4.69, 9.17) is 17.0 Å². The van der Waals surface area contributed by atoms with Gasteiger partial charge in [-0.05, 0) is 60.6 Å². The summed E-state index contributed by atoms with van der Waals surface area (Å²) in [5, 5.41) is 4.89. The predicted molar refractivity (Wildman–Crippen MR) is 135 cm³/mol. The lowest BCUT2D eigenvalue weighted by Gasteiger charge is -2.28. The summed E-state index contributed by atoms with van der Waals surface area (Å²) in [7, 11) is 1.63. The number of ether oxygens (including phenoxy) is 1. The quantitative estimate of drug-likeness (QED) is 0.396. The van der Waals surface area contributed by atoms with Crippen molar-refractivity contribution < 1.29 is 4.74 Å². The van der Waals surface area contributed by atoms with Gasteiger partial charge in [0.25, 0.3) is 5.56 Å². The fourth-order valence-electron chi connectivity index (χ4n) is 3.69. The van der Waals surface area contributed by atoms with E-state index in [9.17, 15) is 4.79 Å². The Hall–Kier alpha value is -3.71. The molecule has 0 bridgehead atoms. The molecule has 0 radical (unpaired) electrons. The molecule has 4 rings (SSSR count). The number of fused-ring (bicyclic) bond motifs is 1. The molecule has 0 saturated heterocycles. The zero-order chi connectivity index (χ0) is 23.2. The van der Waals surface area contributed by atoms with Gasteiger partial charge in [0.1, 0.15) is 5.75 Å². The molecule has 1 atom stereocenters. The molecule has 2 aromatic heterocycles. The second-order valence-corrected chi connectivity index (χ2v) is 8.26. The number of aromatic nitrogens is 2. The Morgan fingerprint density at radius 1 is 1.12 bits per heavy atom. The summed E-state index contributed by atoms with van der Waals surface area (Å²) in [4.78, 5) is 22.0. The zero-order valence-corrected chi connectivity index (χ0v) is 19.4. The van der Waals surface area contributed by atoms with E-state index in [2.05, 4.69) is 34.3 Å². The van der Waals surface area contributed by atoms with Crippen molar-refractivity contribution in [1.82, 2.24) is 20.2 Å². The third-order valence-corrected chi connectivity index (χ3v) is 5.89. The Balaban J connectivity index is 1.62. The summed E-state index contributed by atoms with van der Waals surface area (Å²) >= 11 is 5.79. The van der Waals surface area contributed by atoms with Crippen LogP contribution in [-0.2, 0) is 13.1 Å². The van der Waals surface area contributed by atoms with E-state index in [1.54, 1.807) is 13.3 Å². The predicted octanol–water partition coefficient (Wildman–Crippen LogP) is 4.57. The Kier molecular flexibility index (Phi) is 7.00. The van der Waals surface area contributed by atoms with Crippen molar-refractivity contribution in [3.05, 3.63) is 106 Å². The maximum Gasteiger partial charge on any atom is 0.253 e. The Bertz CT molecular complexity index is 1290. The van der Waals surface area contributed by atoms with Crippen LogP contribution in [0.3, 0.4) is 0 Å². The molecule has 2 aromatic carbocycles. The maximum atomic E-state index is 12.9. The molecule has 0 amide bonds. The Morgan fingerprint density at radius 2 is 1.94 bits per heavy atom. The average molecular weight is 459 g/mol. The van der Waals surface area contributed by atoms with Gasteiger partial charge in [-0.15, -0.1) is 0 Å². The van der Waals surface area contributed by atoms with Crippen molar-refractivity contribution in [2.75, 3.05) is 7.11 Å². The first-order chi connectivity index (χ1) is 16.0. The molecule has 4 aromatic rings. The van der Waals surface area contributed by atoms with Gasteiger partial charge in [0.15, 0.2) is 5.11 Å². The largest absolute Gasteiger partial charge is 0.497 e. The van der Waals surface area contributed by atoms with Crippen LogP contribution >= 0.6 is 12.2 Å². The number of aromatic amines is 1. The average Bonchev–Trinajstić information content (AvgIpc) is 2.84. The smallest absolute Gasteiger partial charge is 0.253 e. The van der Waals surface area contributed by atoms with E-state index in [-0.39, 0.29) is 11.6 Å². The summed E-state index contributed by atoms with van der Waals surface area (Å²) in [6, 6.07) is 21.5. The highest BCUT2D eigenvalue weighted by Gasteiger charge is 2.17. The molecule has 0 spiro atoms. The maximum absolute atomic E-state index is 12.9. The molecular formula is C26H26N4O2S. The SMILES string of the molecule is COc1ccc2[nH]c(=O)c(CN(Cc3cccnc3)C(=S)N[C@@H](C)c3ccccc3)cc2c1. The molecule has 0 aliphatic carbocycles. The standard InChI is InChI=1S/C26H26N4O2S/c1-18(20-8-4-3-5-9-20)28-26(33)30(16-19-7-6-12-27-15-19)17-22-13-21-14-23(32-2)10-11-24(21)29-25(22)31/h3-15,18H,16-17H2,1-2H3,(H,28,33)(H,29,31)/t18-/m0/s1. The summed E-state index contributed by atoms with van der Waals surface area (Å²) in [5.74, 6) is 0.738. The topological polar surface area (TPSA) is 70.2 Å². The van der Waals surface area contributed by atoms with Gasteiger partial charge in [0.2, 0.25) is 0 Å². The van der Waals surface area contributed by atoms with Crippen molar-refractivity contribution in [2.24, 2.45) is 0 Å². The van der Waals surface area contributed by atoms with Crippen LogP contribution in [0.1, 0.15) is 29.7 Å². The molecule has 6 nitrogen and oxygen atoms in total. The molecule has 33 heavy (non-hydrogen) atoms. The number of pyridine rings is 2. The van der Waals surface area contributed by atoms with E-state index < -0.39 is 0 Å². The number of H-pyrrole nitrogens is 1. The molecular weight excluding hydrogens is 432 g/mol. The summed E-state index contributed by atoms with van der Waals surface area (Å²) in [6.07, 6.45) is 3.55. The van der Waals surface area contributed by atoms with Crippen LogP contribution in [0.2, 0.25) is 0 Å². The summed E-state index contributed by atoms with van der Waals surface area (Å²) in [6.45, 7) is 2.94. The van der Waals surface area contributed by atoms with Crippen molar-refractivity contribution in [3.8, 4) is 5.75 Å². The molecule has 0 unspecified atom stereocenters. The molecule has 2 heterocycles. The number of nitrogens with zero attached hydrogens (tertiary/aromatic N) is 2. The number of methoxy groups -OCH3 is 1. The van der Waals surface area contributed by atoms with Gasteiger partial charge in [-0.1, -0.05) is 36.4 Å².